The molecule has 0 radical (unpaired) electrons. The Morgan fingerprint density at radius 2 is 1.69 bits per heavy atom. The molecule has 9 nitrogen and oxygen atoms in total. The highest BCUT2D eigenvalue weighted by atomic mass is 35.5. The number of hydrogen-bond acceptors (Lipinski definition) is 8. The average Bonchev–Trinajstić information content (AvgIpc) is 3.23. The van der Waals surface area contributed by atoms with E-state index in [-0.39, 0.29) is 31.5 Å². The summed E-state index contributed by atoms with van der Waals surface area (Å²) in [6.45, 7) is 4.61. The normalized spacial score (nSPS) is 11.3. The SMILES string of the molecule is Cc1nc(NCc2ccc(Oc3ncc(Cl)cc3NS(=O)(=O)c3ccc(Cl)c(Cl)c3)cc2)sc1C.O=C(O)C(F)(F)F. The number of nitrogens with zero attached hydrogens (tertiary/aromatic N) is 2. The van der Waals surface area contributed by atoms with Crippen molar-refractivity contribution in [2.24, 2.45) is 0 Å². The molecule has 0 spiro atoms. The molecule has 2 heterocycles. The first-order chi connectivity index (χ1) is 19.5. The molecule has 17 heteroatoms. The Bertz CT molecular complexity index is 1670. The molecule has 0 saturated heterocycles. The van der Waals surface area contributed by atoms with Gasteiger partial charge < -0.3 is 15.2 Å². The fourth-order valence-corrected chi connectivity index (χ4v) is 5.35. The molecule has 0 unspecified atom stereocenters. The minimum atomic E-state index is -5.08. The molecule has 0 aliphatic rings. The Balaban J connectivity index is 0.000000616. The number of aryl methyl sites for hydroxylation is 2. The molecule has 4 aromatic rings. The number of benzene rings is 2. The van der Waals surface area contributed by atoms with Crippen molar-refractivity contribution < 1.29 is 36.2 Å². The van der Waals surface area contributed by atoms with Gasteiger partial charge in [-0.3, -0.25) is 4.72 Å². The molecule has 2 aromatic carbocycles. The van der Waals surface area contributed by atoms with Crippen LogP contribution < -0.4 is 14.8 Å². The zero-order valence-corrected chi connectivity index (χ0v) is 25.4. The van der Waals surface area contributed by atoms with Crippen LogP contribution in [0.2, 0.25) is 15.1 Å². The highest BCUT2D eigenvalue weighted by Crippen LogP contribution is 2.33. The number of pyridine rings is 1. The number of sulfonamides is 1. The van der Waals surface area contributed by atoms with Gasteiger partial charge in [0.15, 0.2) is 5.13 Å². The van der Waals surface area contributed by atoms with Gasteiger partial charge in [0.2, 0.25) is 5.88 Å². The van der Waals surface area contributed by atoms with Gasteiger partial charge in [-0.05, 0) is 55.8 Å². The lowest BCUT2D eigenvalue weighted by Crippen LogP contribution is -2.21. The van der Waals surface area contributed by atoms with E-state index in [0.29, 0.717) is 12.3 Å². The standard InChI is InChI=1S/C23H19Cl3N4O3S2.C2HF3O2/c1-13-14(2)34-23(29-13)28-11-15-3-5-17(6-4-15)33-22-21(9-16(24)12-27-22)30-35(31,32)18-7-8-19(25)20(26)10-18;3-2(4,5)1(6)7/h3-10,12,30H,11H2,1-2H3,(H,28,29);(H,6,7). The zero-order chi connectivity index (χ0) is 31.2. The number of aliphatic carboxylic acids is 1. The molecule has 0 aliphatic heterocycles. The van der Waals surface area contributed by atoms with Gasteiger partial charge in [0.25, 0.3) is 10.0 Å². The molecule has 0 bridgehead atoms. The lowest BCUT2D eigenvalue weighted by molar-refractivity contribution is -0.192. The highest BCUT2D eigenvalue weighted by molar-refractivity contribution is 7.92. The molecule has 224 valence electrons. The van der Waals surface area contributed by atoms with E-state index in [1.54, 1.807) is 23.5 Å². The first-order valence-corrected chi connectivity index (χ1v) is 14.9. The van der Waals surface area contributed by atoms with E-state index >= 15 is 0 Å². The first-order valence-electron chi connectivity index (χ1n) is 11.4. The zero-order valence-electron chi connectivity index (χ0n) is 21.5. The van der Waals surface area contributed by atoms with Crippen molar-refractivity contribution in [2.75, 3.05) is 10.0 Å². The maximum Gasteiger partial charge on any atom is 0.490 e. The molecule has 0 fully saturated rings. The lowest BCUT2D eigenvalue weighted by Gasteiger charge is -2.13. The Labute approximate surface area is 257 Å². The van der Waals surface area contributed by atoms with Crippen molar-refractivity contribution in [3.63, 3.8) is 0 Å². The quantitative estimate of drug-likeness (QED) is 0.171. The summed E-state index contributed by atoms with van der Waals surface area (Å²) < 4.78 is 65.8. The summed E-state index contributed by atoms with van der Waals surface area (Å²) in [6, 6.07) is 12.7. The molecule has 4 rings (SSSR count). The van der Waals surface area contributed by atoms with Crippen LogP contribution in [0.5, 0.6) is 11.6 Å². The molecule has 0 atom stereocenters. The van der Waals surface area contributed by atoms with Crippen molar-refractivity contribution in [1.29, 1.82) is 0 Å². The van der Waals surface area contributed by atoms with Gasteiger partial charge in [-0.2, -0.15) is 13.2 Å². The number of carboxylic acids is 1. The van der Waals surface area contributed by atoms with Crippen LogP contribution >= 0.6 is 46.1 Å². The van der Waals surface area contributed by atoms with Crippen molar-refractivity contribution in [2.45, 2.75) is 31.5 Å². The average molecular weight is 684 g/mol. The molecule has 42 heavy (non-hydrogen) atoms. The van der Waals surface area contributed by atoms with Gasteiger partial charge in [0.1, 0.15) is 11.4 Å². The number of aromatic nitrogens is 2. The Kier molecular flexibility index (Phi) is 10.9. The van der Waals surface area contributed by atoms with Crippen LogP contribution in [0, 0.1) is 13.8 Å². The third kappa shape index (κ3) is 9.36. The molecule has 0 amide bonds. The number of nitrogens with one attached hydrogen (secondary N) is 2. The van der Waals surface area contributed by atoms with Crippen LogP contribution in [-0.4, -0.2) is 35.6 Å². The van der Waals surface area contributed by atoms with Gasteiger partial charge in [0.05, 0.1) is 25.7 Å². The fraction of sp³-hybridized carbons (Fsp3) is 0.160. The van der Waals surface area contributed by atoms with E-state index in [4.69, 9.17) is 49.4 Å². The summed E-state index contributed by atoms with van der Waals surface area (Å²) in [4.78, 5) is 18.6. The molecule has 3 N–H and O–H groups in total. The number of carbonyl (C=O) groups is 1. The Morgan fingerprint density at radius 1 is 1.05 bits per heavy atom. The third-order valence-corrected chi connectivity index (χ3v) is 8.46. The van der Waals surface area contributed by atoms with Gasteiger partial charge in [0, 0.05) is 17.6 Å². The second kappa shape index (κ2) is 13.8. The number of hydrogen-bond donors (Lipinski definition) is 3. The van der Waals surface area contributed by atoms with Crippen LogP contribution in [0.25, 0.3) is 0 Å². The Morgan fingerprint density at radius 3 is 2.24 bits per heavy atom. The molecule has 0 saturated carbocycles. The maximum absolute atomic E-state index is 12.9. The number of halogens is 6. The Hall–Kier alpha value is -3.30. The predicted octanol–water partition coefficient (Wildman–Crippen LogP) is 7.95. The monoisotopic (exact) mass is 682 g/mol. The second-order valence-corrected chi connectivity index (χ2v) is 12.4. The maximum atomic E-state index is 12.9. The summed E-state index contributed by atoms with van der Waals surface area (Å²) in [5.41, 5.74) is 2.11. The number of thiazole rings is 1. The van der Waals surface area contributed by atoms with E-state index in [0.717, 1.165) is 16.4 Å². The van der Waals surface area contributed by atoms with Gasteiger partial charge >= 0.3 is 12.1 Å². The van der Waals surface area contributed by atoms with E-state index in [1.165, 1.54) is 35.3 Å². The molecular weight excluding hydrogens is 664 g/mol. The molecule has 2 aromatic heterocycles. The first kappa shape index (κ1) is 33.2. The number of carboxylic acid groups (broad SMARTS) is 1. The topological polar surface area (TPSA) is 131 Å². The third-order valence-electron chi connectivity index (χ3n) is 5.12. The van der Waals surface area contributed by atoms with Gasteiger partial charge in [-0.1, -0.05) is 46.9 Å². The van der Waals surface area contributed by atoms with Crippen LogP contribution in [0.4, 0.5) is 24.0 Å². The lowest BCUT2D eigenvalue weighted by atomic mass is 10.2. The van der Waals surface area contributed by atoms with Crippen LogP contribution in [0.15, 0.2) is 59.6 Å². The van der Waals surface area contributed by atoms with Gasteiger partial charge in [-0.15, -0.1) is 11.3 Å². The van der Waals surface area contributed by atoms with E-state index in [1.807, 2.05) is 26.0 Å². The summed E-state index contributed by atoms with van der Waals surface area (Å²) in [7, 11) is -4.01. The van der Waals surface area contributed by atoms with Crippen LogP contribution in [0.1, 0.15) is 16.1 Å². The summed E-state index contributed by atoms with van der Waals surface area (Å²) in [5.74, 6) is -2.25. The minimum Gasteiger partial charge on any atom is -0.475 e. The van der Waals surface area contributed by atoms with Gasteiger partial charge in [-0.25, -0.2) is 23.2 Å². The number of anilines is 2. The predicted molar refractivity (Wildman–Crippen MR) is 156 cm³/mol. The highest BCUT2D eigenvalue weighted by Gasteiger charge is 2.38. The second-order valence-electron chi connectivity index (χ2n) is 8.25. The van der Waals surface area contributed by atoms with E-state index in [2.05, 4.69) is 20.0 Å². The largest absolute Gasteiger partial charge is 0.490 e. The summed E-state index contributed by atoms with van der Waals surface area (Å²) in [6.07, 6.45) is -3.72. The van der Waals surface area contributed by atoms with Crippen LogP contribution in [0.3, 0.4) is 0 Å². The summed E-state index contributed by atoms with van der Waals surface area (Å²) >= 11 is 19.5. The van der Waals surface area contributed by atoms with Crippen molar-refractivity contribution in [1.82, 2.24) is 9.97 Å². The number of ether oxygens (including phenoxy) is 1. The van der Waals surface area contributed by atoms with E-state index < -0.39 is 22.2 Å². The van der Waals surface area contributed by atoms with Crippen molar-refractivity contribution >= 4 is 73.0 Å². The van der Waals surface area contributed by atoms with Crippen molar-refractivity contribution in [3.8, 4) is 11.6 Å². The number of rotatable bonds is 8. The minimum absolute atomic E-state index is 0.0395. The summed E-state index contributed by atoms with van der Waals surface area (Å²) in [5, 5.41) is 11.9. The molecular formula is C25H20Cl3F3N4O5S2. The van der Waals surface area contributed by atoms with E-state index in [9.17, 15) is 21.6 Å². The number of alkyl halides is 3. The molecule has 0 aliphatic carbocycles. The smallest absolute Gasteiger partial charge is 0.475 e. The fourth-order valence-electron chi connectivity index (χ4n) is 2.94. The van der Waals surface area contributed by atoms with Crippen molar-refractivity contribution in [3.05, 3.63) is 85.9 Å². The van der Waals surface area contributed by atoms with Crippen LogP contribution in [-0.2, 0) is 21.4 Å².